The number of hydrogen-bond donors (Lipinski definition) is 2. The minimum absolute atomic E-state index is 0.144. The number of aromatic nitrogens is 1. The Morgan fingerprint density at radius 1 is 1.54 bits per heavy atom. The van der Waals surface area contributed by atoms with E-state index in [2.05, 4.69) is 10.3 Å². The molecule has 2 heterocycles. The highest BCUT2D eigenvalue weighted by molar-refractivity contribution is 5.95. The van der Waals surface area contributed by atoms with E-state index >= 15 is 0 Å². The smallest absolute Gasteiger partial charge is 0.323 e. The highest BCUT2D eigenvalue weighted by atomic mass is 16.5. The van der Waals surface area contributed by atoms with Gasteiger partial charge < -0.3 is 15.2 Å². The third kappa shape index (κ3) is 4.52. The molecule has 0 radical (unpaired) electrons. The maximum atomic E-state index is 12.3. The number of hydrogen-bond acceptors (Lipinski definition) is 5. The van der Waals surface area contributed by atoms with Crippen molar-refractivity contribution in [3.63, 3.8) is 0 Å². The van der Waals surface area contributed by atoms with Crippen LogP contribution in [0, 0.1) is 6.92 Å². The quantitative estimate of drug-likeness (QED) is 0.836. The first kappa shape index (κ1) is 18.4. The molecule has 0 saturated carbocycles. The van der Waals surface area contributed by atoms with Crippen molar-refractivity contribution in [3.05, 3.63) is 29.6 Å². The summed E-state index contributed by atoms with van der Waals surface area (Å²) in [5.41, 5.74) is 0.787. The lowest BCUT2D eigenvalue weighted by molar-refractivity contribution is -0.162. The number of carbonyl (C=O) groups is 2. The number of carboxylic acid groups (broad SMARTS) is 1. The van der Waals surface area contributed by atoms with Crippen molar-refractivity contribution in [1.82, 2.24) is 15.2 Å². The van der Waals surface area contributed by atoms with Crippen LogP contribution in [0.25, 0.3) is 0 Å². The van der Waals surface area contributed by atoms with Crippen molar-refractivity contribution in [2.24, 2.45) is 0 Å². The minimum atomic E-state index is -0.910. The maximum Gasteiger partial charge on any atom is 0.323 e. The molecule has 2 N–H and O–H groups in total. The average Bonchev–Trinajstić information content (AvgIpc) is 2.46. The maximum absolute atomic E-state index is 12.3. The van der Waals surface area contributed by atoms with Crippen LogP contribution in [-0.2, 0) is 9.53 Å². The Hall–Kier alpha value is -1.99. The fraction of sp³-hybridized carbons (Fsp3) is 0.588. The molecular formula is C17H25N3O4. The van der Waals surface area contributed by atoms with Crippen LogP contribution in [-0.4, -0.2) is 64.2 Å². The fourth-order valence-corrected chi connectivity index (χ4v) is 2.90. The average molecular weight is 335 g/mol. The van der Waals surface area contributed by atoms with E-state index in [4.69, 9.17) is 4.74 Å². The molecule has 1 saturated heterocycles. The molecule has 0 aromatic carbocycles. The van der Waals surface area contributed by atoms with Crippen molar-refractivity contribution >= 4 is 11.9 Å². The van der Waals surface area contributed by atoms with E-state index in [9.17, 15) is 14.7 Å². The number of pyridine rings is 1. The van der Waals surface area contributed by atoms with Gasteiger partial charge in [-0.05, 0) is 39.8 Å². The second-order valence-corrected chi connectivity index (χ2v) is 6.87. The van der Waals surface area contributed by atoms with E-state index in [-0.39, 0.29) is 18.6 Å². The molecule has 1 aliphatic heterocycles. The zero-order chi connectivity index (χ0) is 17.9. The van der Waals surface area contributed by atoms with Crippen LogP contribution in [0.1, 0.15) is 36.8 Å². The van der Waals surface area contributed by atoms with E-state index in [1.54, 1.807) is 25.3 Å². The molecule has 2 atom stereocenters. The predicted octanol–water partition coefficient (Wildman–Crippen LogP) is 1.07. The van der Waals surface area contributed by atoms with Crippen LogP contribution in [0.15, 0.2) is 18.3 Å². The number of aryl methyl sites for hydroxylation is 1. The third-order valence-corrected chi connectivity index (χ3v) is 4.08. The standard InChI is InChI=1S/C17H25N3O4/c1-11(19-15(21)13-6-5-7-18-12(13)2)8-20-10-17(3,4)24-9-14(20)16(22)23/h5-7,11,14H,8-10H2,1-4H3,(H,19,21)(H,22,23)/t11-,14-/m0/s1. The van der Waals surface area contributed by atoms with Gasteiger partial charge in [-0.2, -0.15) is 0 Å². The van der Waals surface area contributed by atoms with E-state index in [0.29, 0.717) is 24.3 Å². The molecule has 0 spiro atoms. The number of rotatable bonds is 5. The van der Waals surface area contributed by atoms with Crippen LogP contribution in [0.3, 0.4) is 0 Å². The molecule has 1 aliphatic rings. The Kier molecular flexibility index (Phi) is 5.56. The topological polar surface area (TPSA) is 91.8 Å². The molecule has 1 aromatic heterocycles. The Morgan fingerprint density at radius 3 is 2.88 bits per heavy atom. The third-order valence-electron chi connectivity index (χ3n) is 4.08. The molecule has 24 heavy (non-hydrogen) atoms. The molecule has 7 heteroatoms. The zero-order valence-electron chi connectivity index (χ0n) is 14.6. The highest BCUT2D eigenvalue weighted by Gasteiger charge is 2.38. The second-order valence-electron chi connectivity index (χ2n) is 6.87. The summed E-state index contributed by atoms with van der Waals surface area (Å²) in [6, 6.07) is 2.55. The van der Waals surface area contributed by atoms with Crippen molar-refractivity contribution < 1.29 is 19.4 Å². The summed E-state index contributed by atoms with van der Waals surface area (Å²) in [6.45, 7) is 8.59. The molecule has 2 rings (SSSR count). The molecule has 0 bridgehead atoms. The van der Waals surface area contributed by atoms with Crippen molar-refractivity contribution in [1.29, 1.82) is 0 Å². The van der Waals surface area contributed by atoms with E-state index < -0.39 is 17.6 Å². The Balaban J connectivity index is 2.01. The molecule has 1 amide bonds. The largest absolute Gasteiger partial charge is 0.480 e. The molecule has 0 unspecified atom stereocenters. The van der Waals surface area contributed by atoms with Gasteiger partial charge in [0, 0.05) is 31.0 Å². The summed E-state index contributed by atoms with van der Waals surface area (Å²) in [4.78, 5) is 29.7. The monoisotopic (exact) mass is 335 g/mol. The summed E-state index contributed by atoms with van der Waals surface area (Å²) in [6.07, 6.45) is 1.64. The first-order valence-corrected chi connectivity index (χ1v) is 8.03. The molecule has 1 aromatic rings. The minimum Gasteiger partial charge on any atom is -0.480 e. The van der Waals surface area contributed by atoms with Crippen LogP contribution in [0.5, 0.6) is 0 Å². The van der Waals surface area contributed by atoms with Crippen LogP contribution in [0.2, 0.25) is 0 Å². The number of morpholine rings is 1. The van der Waals surface area contributed by atoms with Crippen LogP contribution < -0.4 is 5.32 Å². The number of nitrogens with one attached hydrogen (secondary N) is 1. The lowest BCUT2D eigenvalue weighted by Crippen LogP contribution is -2.59. The van der Waals surface area contributed by atoms with Crippen LogP contribution >= 0.6 is 0 Å². The van der Waals surface area contributed by atoms with Gasteiger partial charge >= 0.3 is 5.97 Å². The summed E-state index contributed by atoms with van der Waals surface area (Å²) < 4.78 is 5.60. The summed E-state index contributed by atoms with van der Waals surface area (Å²) in [5, 5.41) is 12.3. The fourth-order valence-electron chi connectivity index (χ4n) is 2.90. The molecular weight excluding hydrogens is 310 g/mol. The first-order valence-electron chi connectivity index (χ1n) is 8.03. The van der Waals surface area contributed by atoms with E-state index in [1.165, 1.54) is 0 Å². The van der Waals surface area contributed by atoms with Gasteiger partial charge in [-0.15, -0.1) is 0 Å². The van der Waals surface area contributed by atoms with Gasteiger partial charge in [0.1, 0.15) is 6.04 Å². The van der Waals surface area contributed by atoms with Gasteiger partial charge in [0.15, 0.2) is 0 Å². The van der Waals surface area contributed by atoms with Crippen molar-refractivity contribution in [3.8, 4) is 0 Å². The predicted molar refractivity (Wildman–Crippen MR) is 88.9 cm³/mol. The number of amides is 1. The van der Waals surface area contributed by atoms with Gasteiger partial charge in [0.25, 0.3) is 5.91 Å². The molecule has 132 valence electrons. The number of carboxylic acids is 1. The van der Waals surface area contributed by atoms with Gasteiger partial charge in [-0.1, -0.05) is 0 Å². The SMILES string of the molecule is Cc1ncccc1C(=O)N[C@@H](C)CN1CC(C)(C)OC[C@H]1C(=O)O. The Morgan fingerprint density at radius 2 is 2.25 bits per heavy atom. The van der Waals surface area contributed by atoms with Gasteiger partial charge in [-0.25, -0.2) is 0 Å². The lowest BCUT2D eigenvalue weighted by atomic mass is 10.0. The van der Waals surface area contributed by atoms with Gasteiger partial charge in [0.05, 0.1) is 17.8 Å². The van der Waals surface area contributed by atoms with Gasteiger partial charge in [-0.3, -0.25) is 19.5 Å². The molecule has 0 aliphatic carbocycles. The number of ether oxygens (including phenoxy) is 1. The van der Waals surface area contributed by atoms with Crippen LogP contribution in [0.4, 0.5) is 0 Å². The van der Waals surface area contributed by atoms with E-state index in [1.807, 2.05) is 25.7 Å². The lowest BCUT2D eigenvalue weighted by Gasteiger charge is -2.42. The highest BCUT2D eigenvalue weighted by Crippen LogP contribution is 2.21. The van der Waals surface area contributed by atoms with Crippen molar-refractivity contribution in [2.45, 2.75) is 45.4 Å². The summed E-state index contributed by atoms with van der Waals surface area (Å²) in [7, 11) is 0. The Labute approximate surface area is 142 Å². The van der Waals surface area contributed by atoms with E-state index in [0.717, 1.165) is 0 Å². The number of carbonyl (C=O) groups excluding carboxylic acids is 1. The number of nitrogens with zero attached hydrogens (tertiary/aromatic N) is 2. The Bertz CT molecular complexity index is 618. The molecule has 7 nitrogen and oxygen atoms in total. The molecule has 1 fully saturated rings. The first-order chi connectivity index (χ1) is 11.2. The second kappa shape index (κ2) is 7.27. The van der Waals surface area contributed by atoms with Crippen molar-refractivity contribution in [2.75, 3.05) is 19.7 Å². The van der Waals surface area contributed by atoms with Gasteiger partial charge in [0.2, 0.25) is 0 Å². The number of aliphatic carboxylic acids is 1. The normalized spacial score (nSPS) is 21.9. The summed E-state index contributed by atoms with van der Waals surface area (Å²) in [5.74, 6) is -1.11. The zero-order valence-corrected chi connectivity index (χ0v) is 14.6. The summed E-state index contributed by atoms with van der Waals surface area (Å²) >= 11 is 0.